The first-order valence-corrected chi connectivity index (χ1v) is 8.55. The Bertz CT molecular complexity index is 377. The van der Waals surface area contributed by atoms with Crippen molar-refractivity contribution in [2.24, 2.45) is 5.92 Å². The summed E-state index contributed by atoms with van der Waals surface area (Å²) < 4.78 is 1.21. The molecular formula is C17H26BrN. The lowest BCUT2D eigenvalue weighted by molar-refractivity contribution is 0.384. The summed E-state index contributed by atoms with van der Waals surface area (Å²) in [6.45, 7) is 3.43. The van der Waals surface area contributed by atoms with E-state index in [0.717, 1.165) is 12.0 Å². The van der Waals surface area contributed by atoms with Crippen molar-refractivity contribution >= 4 is 15.9 Å². The number of hydrogen-bond acceptors (Lipinski definition) is 1. The molecule has 1 aromatic carbocycles. The zero-order valence-corrected chi connectivity index (χ0v) is 13.6. The highest BCUT2D eigenvalue weighted by atomic mass is 79.9. The first kappa shape index (κ1) is 15.1. The molecule has 2 unspecified atom stereocenters. The second-order valence-electron chi connectivity index (χ2n) is 5.87. The standard InChI is InChI=1S/C17H26BrN/c1-2-10-19-17-9-4-3-6-15(13-17)11-14-7-5-8-16(18)12-14/h5,7-8,12,15,17,19H,2-4,6,9-11,13H2,1H3. The van der Waals surface area contributed by atoms with Gasteiger partial charge < -0.3 is 5.32 Å². The van der Waals surface area contributed by atoms with Crippen LogP contribution < -0.4 is 5.32 Å². The second kappa shape index (κ2) is 8.06. The quantitative estimate of drug-likeness (QED) is 0.757. The van der Waals surface area contributed by atoms with E-state index >= 15 is 0 Å². The number of hydrogen-bond donors (Lipinski definition) is 1. The highest BCUT2D eigenvalue weighted by Crippen LogP contribution is 2.27. The molecule has 1 aliphatic rings. The van der Waals surface area contributed by atoms with Crippen molar-refractivity contribution in [2.75, 3.05) is 6.54 Å². The van der Waals surface area contributed by atoms with E-state index in [4.69, 9.17) is 0 Å². The van der Waals surface area contributed by atoms with Crippen LogP contribution in [-0.4, -0.2) is 12.6 Å². The molecule has 2 atom stereocenters. The van der Waals surface area contributed by atoms with Gasteiger partial charge in [0.15, 0.2) is 0 Å². The maximum absolute atomic E-state index is 3.73. The van der Waals surface area contributed by atoms with Gasteiger partial charge in [0.25, 0.3) is 0 Å². The van der Waals surface area contributed by atoms with Crippen LogP contribution in [0.3, 0.4) is 0 Å². The zero-order valence-electron chi connectivity index (χ0n) is 12.0. The predicted molar refractivity (Wildman–Crippen MR) is 86.5 cm³/mol. The number of benzene rings is 1. The van der Waals surface area contributed by atoms with E-state index in [1.165, 1.54) is 61.5 Å². The Balaban J connectivity index is 1.90. The Morgan fingerprint density at radius 2 is 2.11 bits per heavy atom. The van der Waals surface area contributed by atoms with Crippen molar-refractivity contribution in [3.63, 3.8) is 0 Å². The molecule has 0 aliphatic heterocycles. The van der Waals surface area contributed by atoms with E-state index in [1.807, 2.05) is 0 Å². The Morgan fingerprint density at radius 3 is 2.89 bits per heavy atom. The summed E-state index contributed by atoms with van der Waals surface area (Å²) in [4.78, 5) is 0. The Hall–Kier alpha value is -0.340. The van der Waals surface area contributed by atoms with Crippen molar-refractivity contribution in [1.82, 2.24) is 5.32 Å². The second-order valence-corrected chi connectivity index (χ2v) is 6.79. The minimum absolute atomic E-state index is 0.750. The van der Waals surface area contributed by atoms with Crippen LogP contribution in [0.4, 0.5) is 0 Å². The lowest BCUT2D eigenvalue weighted by Gasteiger charge is -2.21. The summed E-state index contributed by atoms with van der Waals surface area (Å²) in [5, 5.41) is 3.73. The van der Waals surface area contributed by atoms with Crippen LogP contribution in [0.2, 0.25) is 0 Å². The molecule has 2 heteroatoms. The summed E-state index contributed by atoms with van der Waals surface area (Å²) in [7, 11) is 0. The van der Waals surface area contributed by atoms with E-state index in [9.17, 15) is 0 Å². The molecule has 0 amide bonds. The summed E-state index contributed by atoms with van der Waals surface area (Å²) in [6, 6.07) is 9.56. The Kier molecular flexibility index (Phi) is 6.39. The molecule has 0 spiro atoms. The van der Waals surface area contributed by atoms with Crippen LogP contribution >= 0.6 is 15.9 Å². The van der Waals surface area contributed by atoms with Crippen LogP contribution in [0, 0.1) is 5.92 Å². The number of rotatable bonds is 5. The highest BCUT2D eigenvalue weighted by molar-refractivity contribution is 9.10. The molecule has 1 nitrogen and oxygen atoms in total. The molecule has 0 aromatic heterocycles. The van der Waals surface area contributed by atoms with E-state index in [1.54, 1.807) is 0 Å². The van der Waals surface area contributed by atoms with Gasteiger partial charge in [0.05, 0.1) is 0 Å². The van der Waals surface area contributed by atoms with Gasteiger partial charge in [0.2, 0.25) is 0 Å². The fraction of sp³-hybridized carbons (Fsp3) is 0.647. The first-order valence-electron chi connectivity index (χ1n) is 7.75. The van der Waals surface area contributed by atoms with Crippen molar-refractivity contribution in [3.05, 3.63) is 34.3 Å². The lowest BCUT2D eigenvalue weighted by Crippen LogP contribution is -2.31. The summed E-state index contributed by atoms with van der Waals surface area (Å²) >= 11 is 3.58. The van der Waals surface area contributed by atoms with E-state index in [0.29, 0.717) is 0 Å². The maximum atomic E-state index is 3.73. The van der Waals surface area contributed by atoms with E-state index < -0.39 is 0 Å². The van der Waals surface area contributed by atoms with Crippen molar-refractivity contribution in [1.29, 1.82) is 0 Å². The molecule has 1 N–H and O–H groups in total. The zero-order chi connectivity index (χ0) is 13.5. The molecule has 106 valence electrons. The molecule has 19 heavy (non-hydrogen) atoms. The van der Waals surface area contributed by atoms with Gasteiger partial charge in [-0.2, -0.15) is 0 Å². The monoisotopic (exact) mass is 323 g/mol. The van der Waals surface area contributed by atoms with Gasteiger partial charge in [0.1, 0.15) is 0 Å². The molecule has 1 aliphatic carbocycles. The Labute approximate surface area is 126 Å². The topological polar surface area (TPSA) is 12.0 Å². The van der Waals surface area contributed by atoms with Gasteiger partial charge >= 0.3 is 0 Å². The van der Waals surface area contributed by atoms with Crippen molar-refractivity contribution in [3.8, 4) is 0 Å². The molecule has 0 radical (unpaired) electrons. The normalized spacial score (nSPS) is 24.1. The third-order valence-corrected chi connectivity index (χ3v) is 4.62. The SMILES string of the molecule is CCCNC1CCCCC(Cc2cccc(Br)c2)C1. The van der Waals surface area contributed by atoms with Crippen LogP contribution in [0.1, 0.15) is 51.0 Å². The smallest absolute Gasteiger partial charge is 0.0177 e. The maximum Gasteiger partial charge on any atom is 0.0177 e. The van der Waals surface area contributed by atoms with Crippen LogP contribution in [0.25, 0.3) is 0 Å². The fourth-order valence-electron chi connectivity index (χ4n) is 3.18. The molecule has 2 rings (SSSR count). The number of halogens is 1. The fourth-order valence-corrected chi connectivity index (χ4v) is 3.62. The van der Waals surface area contributed by atoms with Crippen molar-refractivity contribution < 1.29 is 0 Å². The highest BCUT2D eigenvalue weighted by Gasteiger charge is 2.19. The summed E-state index contributed by atoms with van der Waals surface area (Å²) in [6.07, 6.45) is 9.41. The van der Waals surface area contributed by atoms with Gasteiger partial charge in [-0.1, -0.05) is 54.2 Å². The van der Waals surface area contributed by atoms with Crippen LogP contribution in [0.15, 0.2) is 28.7 Å². The van der Waals surface area contributed by atoms with Gasteiger partial charge in [0, 0.05) is 10.5 Å². The average molecular weight is 324 g/mol. The van der Waals surface area contributed by atoms with Gasteiger partial charge in [-0.3, -0.25) is 0 Å². The molecule has 1 aromatic rings. The third kappa shape index (κ3) is 5.27. The van der Waals surface area contributed by atoms with Gasteiger partial charge in [-0.05, 0) is 55.8 Å². The minimum Gasteiger partial charge on any atom is -0.314 e. The predicted octanol–water partition coefficient (Wildman–Crippen LogP) is 4.94. The molecule has 0 bridgehead atoms. The van der Waals surface area contributed by atoms with Crippen LogP contribution in [0.5, 0.6) is 0 Å². The lowest BCUT2D eigenvalue weighted by atomic mass is 9.91. The summed E-state index contributed by atoms with van der Waals surface area (Å²) in [5.41, 5.74) is 1.48. The largest absolute Gasteiger partial charge is 0.314 e. The molecule has 0 saturated heterocycles. The Morgan fingerprint density at radius 1 is 1.26 bits per heavy atom. The van der Waals surface area contributed by atoms with E-state index in [2.05, 4.69) is 52.4 Å². The van der Waals surface area contributed by atoms with Gasteiger partial charge in [-0.25, -0.2) is 0 Å². The molecule has 1 saturated carbocycles. The molecular weight excluding hydrogens is 298 g/mol. The number of nitrogens with one attached hydrogen (secondary N) is 1. The molecule has 1 fully saturated rings. The third-order valence-electron chi connectivity index (χ3n) is 4.13. The summed E-state index contributed by atoms with van der Waals surface area (Å²) in [5.74, 6) is 0.853. The van der Waals surface area contributed by atoms with Crippen LogP contribution in [-0.2, 0) is 6.42 Å². The van der Waals surface area contributed by atoms with E-state index in [-0.39, 0.29) is 0 Å². The molecule has 0 heterocycles. The van der Waals surface area contributed by atoms with Crippen molar-refractivity contribution in [2.45, 2.75) is 57.9 Å². The minimum atomic E-state index is 0.750. The van der Waals surface area contributed by atoms with Gasteiger partial charge in [-0.15, -0.1) is 0 Å². The first-order chi connectivity index (χ1) is 9.28. The average Bonchev–Trinajstić information content (AvgIpc) is 2.62.